The highest BCUT2D eigenvalue weighted by molar-refractivity contribution is 7.89. The summed E-state index contributed by atoms with van der Waals surface area (Å²) < 4.78 is 28.5. The summed E-state index contributed by atoms with van der Waals surface area (Å²) >= 11 is 0. The zero-order valence-electron chi connectivity index (χ0n) is 22.7. The van der Waals surface area contributed by atoms with Gasteiger partial charge in [-0.3, -0.25) is 9.59 Å². The highest BCUT2D eigenvalue weighted by Gasteiger charge is 2.50. The van der Waals surface area contributed by atoms with E-state index in [-0.39, 0.29) is 35.8 Å². The van der Waals surface area contributed by atoms with Gasteiger partial charge in [0, 0.05) is 31.2 Å². The number of rotatable bonds is 8. The van der Waals surface area contributed by atoms with Crippen LogP contribution >= 0.6 is 0 Å². The van der Waals surface area contributed by atoms with Crippen molar-refractivity contribution in [2.45, 2.75) is 58.9 Å². The average Bonchev–Trinajstić information content (AvgIpc) is 2.83. The van der Waals surface area contributed by atoms with Gasteiger partial charge in [-0.2, -0.15) is 4.31 Å². The molecule has 0 aliphatic carbocycles. The van der Waals surface area contributed by atoms with Gasteiger partial charge < -0.3 is 10.6 Å². The number of carbonyl (C=O) groups is 2. The van der Waals surface area contributed by atoms with Gasteiger partial charge in [-0.25, -0.2) is 8.42 Å². The van der Waals surface area contributed by atoms with Gasteiger partial charge in [0.1, 0.15) is 0 Å². The molecule has 7 nitrogen and oxygen atoms in total. The lowest BCUT2D eigenvalue weighted by atomic mass is 9.67. The van der Waals surface area contributed by atoms with Gasteiger partial charge in [-0.1, -0.05) is 52.5 Å². The van der Waals surface area contributed by atoms with Crippen LogP contribution in [0.4, 0.5) is 0 Å². The summed E-state index contributed by atoms with van der Waals surface area (Å²) in [7, 11) is -3.80. The molecule has 0 saturated carbocycles. The Hall–Kier alpha value is -2.97. The molecule has 2 aromatic carbocycles. The Morgan fingerprint density at radius 2 is 1.59 bits per heavy atom. The second kappa shape index (κ2) is 10.8. The van der Waals surface area contributed by atoms with Crippen LogP contribution in [0.5, 0.6) is 0 Å². The molecule has 2 aromatic rings. The maximum absolute atomic E-state index is 13.5. The Balaban J connectivity index is 1.68. The maximum Gasteiger partial charge on any atom is 0.251 e. The number of nitrogens with zero attached hydrogens (tertiary/aromatic N) is 1. The fourth-order valence-electron chi connectivity index (χ4n) is 5.28. The van der Waals surface area contributed by atoms with Crippen molar-refractivity contribution in [3.05, 3.63) is 77.4 Å². The van der Waals surface area contributed by atoms with Crippen molar-refractivity contribution in [2.75, 3.05) is 19.6 Å². The van der Waals surface area contributed by atoms with E-state index in [1.54, 1.807) is 12.1 Å². The molecule has 2 amide bonds. The van der Waals surface area contributed by atoms with Crippen LogP contribution in [0, 0.1) is 24.7 Å². The van der Waals surface area contributed by atoms with Crippen molar-refractivity contribution in [3.8, 4) is 0 Å². The van der Waals surface area contributed by atoms with Crippen molar-refractivity contribution in [2.24, 2.45) is 10.8 Å². The summed E-state index contributed by atoms with van der Waals surface area (Å²) in [6.07, 6.45) is 1.95. The highest BCUT2D eigenvalue weighted by Crippen LogP contribution is 2.42. The summed E-state index contributed by atoms with van der Waals surface area (Å²) in [5, 5.41) is 5.90. The lowest BCUT2D eigenvalue weighted by Gasteiger charge is -2.52. The van der Waals surface area contributed by atoms with Crippen LogP contribution < -0.4 is 10.6 Å². The van der Waals surface area contributed by atoms with Gasteiger partial charge in [0.2, 0.25) is 15.9 Å². The van der Waals surface area contributed by atoms with Gasteiger partial charge in [0.15, 0.2) is 0 Å². The Morgan fingerprint density at radius 3 is 2.14 bits per heavy atom. The molecular weight excluding hydrogens is 486 g/mol. The number of hydrogen-bond acceptors (Lipinski definition) is 4. The van der Waals surface area contributed by atoms with Crippen LogP contribution in [-0.2, 0) is 21.2 Å². The quantitative estimate of drug-likeness (QED) is 0.509. The van der Waals surface area contributed by atoms with E-state index in [1.807, 2.05) is 27.7 Å². The number of sulfonamides is 1. The third-order valence-corrected chi connectivity index (χ3v) is 9.03. The minimum atomic E-state index is -3.80. The topological polar surface area (TPSA) is 95.6 Å². The standard InChI is InChI=1S/C29H39N3O4S/c1-8-25(33)31-27-28(4,5)18-32(19-29(27,6)7)37(35,36)24-13-11-23(12-14-24)26(34)30-16-15-22-10-9-20(2)21(3)17-22/h8-14,17,27H,1,15-16,18-19H2,2-7H3,(H,30,34)(H,31,33). The molecule has 1 fully saturated rings. The van der Waals surface area contributed by atoms with E-state index >= 15 is 0 Å². The van der Waals surface area contributed by atoms with Crippen molar-refractivity contribution in [3.63, 3.8) is 0 Å². The first kappa shape index (κ1) is 28.6. The van der Waals surface area contributed by atoms with Crippen LogP contribution in [-0.4, -0.2) is 50.2 Å². The minimum Gasteiger partial charge on any atom is -0.352 e. The molecule has 0 aromatic heterocycles. The van der Waals surface area contributed by atoms with E-state index in [1.165, 1.54) is 33.6 Å². The zero-order chi connectivity index (χ0) is 27.6. The molecule has 8 heteroatoms. The van der Waals surface area contributed by atoms with Crippen molar-refractivity contribution in [1.29, 1.82) is 0 Å². The second-order valence-corrected chi connectivity index (χ2v) is 13.3. The van der Waals surface area contributed by atoms with Crippen LogP contribution in [0.1, 0.15) is 54.7 Å². The van der Waals surface area contributed by atoms with E-state index in [9.17, 15) is 18.0 Å². The van der Waals surface area contributed by atoms with Crippen LogP contribution in [0.25, 0.3) is 0 Å². The molecule has 1 aliphatic rings. The lowest BCUT2D eigenvalue weighted by Crippen LogP contribution is -2.64. The minimum absolute atomic E-state index is 0.138. The van der Waals surface area contributed by atoms with Gasteiger partial charge >= 0.3 is 0 Å². The van der Waals surface area contributed by atoms with Gasteiger partial charge in [0.25, 0.3) is 5.91 Å². The summed E-state index contributed by atoms with van der Waals surface area (Å²) in [5.41, 5.74) is 3.00. The van der Waals surface area contributed by atoms with E-state index < -0.39 is 20.9 Å². The molecular formula is C29H39N3O4S. The monoisotopic (exact) mass is 525 g/mol. The first-order valence-electron chi connectivity index (χ1n) is 12.5. The summed E-state index contributed by atoms with van der Waals surface area (Å²) in [4.78, 5) is 24.8. The van der Waals surface area contributed by atoms with Crippen LogP contribution in [0.3, 0.4) is 0 Å². The van der Waals surface area contributed by atoms with E-state index in [0.29, 0.717) is 18.5 Å². The Kier molecular flexibility index (Phi) is 8.34. The fourth-order valence-corrected chi connectivity index (χ4v) is 7.06. The molecule has 1 heterocycles. The molecule has 1 aliphatic heterocycles. The van der Waals surface area contributed by atoms with Gasteiger partial charge in [-0.05, 0) is 78.1 Å². The number of aryl methyl sites for hydroxylation is 2. The maximum atomic E-state index is 13.5. The van der Waals surface area contributed by atoms with Crippen molar-refractivity contribution < 1.29 is 18.0 Å². The van der Waals surface area contributed by atoms with E-state index in [2.05, 4.69) is 49.3 Å². The molecule has 2 N–H and O–H groups in total. The molecule has 37 heavy (non-hydrogen) atoms. The summed E-state index contributed by atoms with van der Waals surface area (Å²) in [6.45, 7) is 16.5. The SMILES string of the molecule is C=CC(=O)NC1C(C)(C)CN(S(=O)(=O)c2ccc(C(=O)NCCc3ccc(C)c(C)c3)cc2)CC1(C)C. The number of amides is 2. The second-order valence-electron chi connectivity index (χ2n) is 11.3. The predicted octanol–water partition coefficient (Wildman–Crippen LogP) is 4.00. The first-order chi connectivity index (χ1) is 17.2. The molecule has 3 rings (SSSR count). The summed E-state index contributed by atoms with van der Waals surface area (Å²) in [5.74, 6) is -0.515. The van der Waals surface area contributed by atoms with Crippen molar-refractivity contribution in [1.82, 2.24) is 14.9 Å². The third-order valence-electron chi connectivity index (χ3n) is 7.23. The van der Waals surface area contributed by atoms with E-state index in [4.69, 9.17) is 0 Å². The predicted molar refractivity (Wildman–Crippen MR) is 147 cm³/mol. The molecule has 0 unspecified atom stereocenters. The number of benzene rings is 2. The highest BCUT2D eigenvalue weighted by atomic mass is 32.2. The number of hydrogen-bond donors (Lipinski definition) is 2. The van der Waals surface area contributed by atoms with Crippen LogP contribution in [0.15, 0.2) is 60.0 Å². The largest absolute Gasteiger partial charge is 0.352 e. The number of nitrogens with one attached hydrogen (secondary N) is 2. The van der Waals surface area contributed by atoms with Gasteiger partial charge in [0.05, 0.1) is 4.90 Å². The molecule has 0 atom stereocenters. The summed E-state index contributed by atoms with van der Waals surface area (Å²) in [6, 6.07) is 12.1. The zero-order valence-corrected chi connectivity index (χ0v) is 23.5. The normalized spacial score (nSPS) is 17.7. The molecule has 0 bridgehead atoms. The first-order valence-corrected chi connectivity index (χ1v) is 14.0. The molecule has 0 spiro atoms. The third kappa shape index (κ3) is 6.48. The molecule has 200 valence electrons. The molecule has 0 radical (unpaired) electrons. The van der Waals surface area contributed by atoms with Crippen LogP contribution in [0.2, 0.25) is 0 Å². The number of piperidine rings is 1. The van der Waals surface area contributed by atoms with Gasteiger partial charge in [-0.15, -0.1) is 0 Å². The Labute approximate surface area is 221 Å². The van der Waals surface area contributed by atoms with E-state index in [0.717, 1.165) is 5.56 Å². The Morgan fingerprint density at radius 1 is 1.00 bits per heavy atom. The van der Waals surface area contributed by atoms with Crippen molar-refractivity contribution >= 4 is 21.8 Å². The fraction of sp³-hybridized carbons (Fsp3) is 0.448. The smallest absolute Gasteiger partial charge is 0.251 e. The lowest BCUT2D eigenvalue weighted by molar-refractivity contribution is -0.120. The average molecular weight is 526 g/mol. The molecule has 1 saturated heterocycles. The number of carbonyl (C=O) groups excluding carboxylic acids is 2. The Bertz CT molecular complexity index is 1260.